The highest BCUT2D eigenvalue weighted by Gasteiger charge is 2.24. The van der Waals surface area contributed by atoms with Gasteiger partial charge >= 0.3 is 0 Å². The lowest BCUT2D eigenvalue weighted by Gasteiger charge is -2.22. The Kier molecular flexibility index (Phi) is 2.88. The van der Waals surface area contributed by atoms with E-state index in [0.29, 0.717) is 5.92 Å². The van der Waals surface area contributed by atoms with Crippen molar-refractivity contribution in [3.63, 3.8) is 0 Å². The molecular formula is C14H17N3O. The van der Waals surface area contributed by atoms with Gasteiger partial charge in [0.2, 0.25) is 5.89 Å². The van der Waals surface area contributed by atoms with Crippen LogP contribution in [0, 0.1) is 13.8 Å². The molecule has 0 saturated carbocycles. The first-order valence-electron chi connectivity index (χ1n) is 6.31. The van der Waals surface area contributed by atoms with Crippen molar-refractivity contribution in [3.05, 3.63) is 46.6 Å². The molecular weight excluding hydrogens is 226 g/mol. The fourth-order valence-corrected chi connectivity index (χ4v) is 2.32. The Morgan fingerprint density at radius 2 is 1.94 bits per heavy atom. The van der Waals surface area contributed by atoms with Crippen LogP contribution in [0.25, 0.3) is 0 Å². The fourth-order valence-electron chi connectivity index (χ4n) is 2.32. The maximum atomic E-state index is 5.30. The van der Waals surface area contributed by atoms with Crippen LogP contribution >= 0.6 is 0 Å². The monoisotopic (exact) mass is 243 g/mol. The summed E-state index contributed by atoms with van der Waals surface area (Å²) in [5.74, 6) is 1.96. The number of nitrogens with one attached hydrogen (secondary N) is 1. The second-order valence-corrected chi connectivity index (χ2v) is 5.08. The largest absolute Gasteiger partial charge is 0.339 e. The van der Waals surface area contributed by atoms with Gasteiger partial charge in [-0.3, -0.25) is 0 Å². The number of aromatic nitrogens is 2. The Hall–Kier alpha value is -1.68. The van der Waals surface area contributed by atoms with Crippen molar-refractivity contribution >= 4 is 0 Å². The highest BCUT2D eigenvalue weighted by atomic mass is 16.5. The maximum absolute atomic E-state index is 5.30. The van der Waals surface area contributed by atoms with Gasteiger partial charge in [-0.15, -0.1) is 0 Å². The van der Waals surface area contributed by atoms with E-state index in [-0.39, 0.29) is 0 Å². The molecule has 1 aromatic heterocycles. The van der Waals surface area contributed by atoms with Crippen molar-refractivity contribution < 1.29 is 4.52 Å². The minimum atomic E-state index is 0.408. The number of nitrogens with zero attached hydrogens (tertiary/aromatic N) is 2. The van der Waals surface area contributed by atoms with E-state index in [1.807, 2.05) is 0 Å². The normalized spacial score (nSPS) is 15.7. The number of benzene rings is 1. The van der Waals surface area contributed by atoms with Crippen molar-refractivity contribution in [1.82, 2.24) is 15.5 Å². The van der Waals surface area contributed by atoms with Gasteiger partial charge in [0, 0.05) is 19.5 Å². The van der Waals surface area contributed by atoms with Gasteiger partial charge in [-0.2, -0.15) is 4.98 Å². The highest BCUT2D eigenvalue weighted by Crippen LogP contribution is 2.19. The molecule has 1 aliphatic heterocycles. The quantitative estimate of drug-likeness (QED) is 0.895. The Morgan fingerprint density at radius 3 is 2.56 bits per heavy atom. The molecule has 4 heteroatoms. The van der Waals surface area contributed by atoms with Gasteiger partial charge < -0.3 is 9.84 Å². The standard InChI is InChI=1S/C14H17N3O/c1-9-3-10(2)5-11(4-9)6-13-16-14(18-17-13)12-7-15-8-12/h3-5,12,15H,6-8H2,1-2H3. The average molecular weight is 243 g/mol. The van der Waals surface area contributed by atoms with Crippen molar-refractivity contribution in [3.8, 4) is 0 Å². The first-order valence-corrected chi connectivity index (χ1v) is 6.31. The Labute approximate surface area is 106 Å². The molecule has 0 atom stereocenters. The molecule has 94 valence electrons. The summed E-state index contributed by atoms with van der Waals surface area (Å²) in [6.07, 6.45) is 0.742. The van der Waals surface area contributed by atoms with Gasteiger partial charge in [-0.1, -0.05) is 34.5 Å². The van der Waals surface area contributed by atoms with Gasteiger partial charge in [0.1, 0.15) is 0 Å². The van der Waals surface area contributed by atoms with Gasteiger partial charge in [0.15, 0.2) is 5.82 Å². The third-order valence-electron chi connectivity index (χ3n) is 3.26. The van der Waals surface area contributed by atoms with Crippen LogP contribution in [0.15, 0.2) is 22.7 Å². The number of hydrogen-bond acceptors (Lipinski definition) is 4. The fraction of sp³-hybridized carbons (Fsp3) is 0.429. The molecule has 2 aromatic rings. The van der Waals surface area contributed by atoms with E-state index in [4.69, 9.17) is 4.52 Å². The molecule has 0 aliphatic carbocycles. The Bertz CT molecular complexity index is 538. The second-order valence-electron chi connectivity index (χ2n) is 5.08. The predicted octanol–water partition coefficient (Wildman–Crippen LogP) is 1.96. The zero-order valence-corrected chi connectivity index (χ0v) is 10.7. The predicted molar refractivity (Wildman–Crippen MR) is 68.6 cm³/mol. The van der Waals surface area contributed by atoms with Crippen molar-refractivity contribution in [2.45, 2.75) is 26.2 Å². The van der Waals surface area contributed by atoms with E-state index in [1.54, 1.807) is 0 Å². The van der Waals surface area contributed by atoms with E-state index in [9.17, 15) is 0 Å². The summed E-state index contributed by atoms with van der Waals surface area (Å²) in [5.41, 5.74) is 3.79. The highest BCUT2D eigenvalue weighted by molar-refractivity contribution is 5.30. The maximum Gasteiger partial charge on any atom is 0.232 e. The lowest BCUT2D eigenvalue weighted by Crippen LogP contribution is -2.40. The molecule has 1 fully saturated rings. The molecule has 0 unspecified atom stereocenters. The summed E-state index contributed by atoms with van der Waals surface area (Å²) >= 11 is 0. The third-order valence-corrected chi connectivity index (χ3v) is 3.26. The molecule has 0 amide bonds. The van der Waals surface area contributed by atoms with Gasteiger partial charge in [-0.25, -0.2) is 0 Å². The SMILES string of the molecule is Cc1cc(C)cc(Cc2noc(C3CNC3)n2)c1. The van der Waals surface area contributed by atoms with E-state index in [2.05, 4.69) is 47.5 Å². The molecule has 1 aromatic carbocycles. The molecule has 0 spiro atoms. The minimum Gasteiger partial charge on any atom is -0.339 e. The van der Waals surface area contributed by atoms with E-state index >= 15 is 0 Å². The summed E-state index contributed by atoms with van der Waals surface area (Å²) in [7, 11) is 0. The number of rotatable bonds is 3. The molecule has 1 N–H and O–H groups in total. The van der Waals surface area contributed by atoms with E-state index < -0.39 is 0 Å². The first-order chi connectivity index (χ1) is 8.70. The molecule has 18 heavy (non-hydrogen) atoms. The average Bonchev–Trinajstić information content (AvgIpc) is 2.61. The molecule has 4 nitrogen and oxygen atoms in total. The van der Waals surface area contributed by atoms with Gasteiger partial charge in [0.05, 0.1) is 5.92 Å². The minimum absolute atomic E-state index is 0.408. The van der Waals surface area contributed by atoms with Crippen LogP contribution in [0.3, 0.4) is 0 Å². The van der Waals surface area contributed by atoms with Crippen LogP contribution in [0.4, 0.5) is 0 Å². The number of aryl methyl sites for hydroxylation is 2. The van der Waals surface area contributed by atoms with Crippen LogP contribution in [0.1, 0.15) is 34.3 Å². The summed E-state index contributed by atoms with van der Waals surface area (Å²) in [6, 6.07) is 6.52. The summed E-state index contributed by atoms with van der Waals surface area (Å²) in [6.45, 7) is 6.12. The Morgan fingerprint density at radius 1 is 1.22 bits per heavy atom. The molecule has 1 aliphatic rings. The molecule has 2 heterocycles. The van der Waals surface area contributed by atoms with Gasteiger partial charge in [-0.05, 0) is 19.4 Å². The summed E-state index contributed by atoms with van der Waals surface area (Å²) in [5, 5.41) is 7.27. The van der Waals surface area contributed by atoms with Crippen LogP contribution in [0.5, 0.6) is 0 Å². The molecule has 3 rings (SSSR count). The van der Waals surface area contributed by atoms with Crippen LogP contribution in [0.2, 0.25) is 0 Å². The lowest BCUT2D eigenvalue weighted by molar-refractivity contribution is 0.306. The van der Waals surface area contributed by atoms with Gasteiger partial charge in [0.25, 0.3) is 0 Å². The number of hydrogen-bond donors (Lipinski definition) is 1. The van der Waals surface area contributed by atoms with E-state index in [1.165, 1.54) is 16.7 Å². The molecule has 0 bridgehead atoms. The summed E-state index contributed by atoms with van der Waals surface area (Å²) in [4.78, 5) is 4.47. The topological polar surface area (TPSA) is 51.0 Å². The zero-order chi connectivity index (χ0) is 12.5. The van der Waals surface area contributed by atoms with Crippen LogP contribution in [-0.4, -0.2) is 23.2 Å². The first kappa shape index (κ1) is 11.4. The molecule has 0 radical (unpaired) electrons. The summed E-state index contributed by atoms with van der Waals surface area (Å²) < 4.78 is 5.30. The molecule has 1 saturated heterocycles. The zero-order valence-electron chi connectivity index (χ0n) is 10.7. The lowest BCUT2D eigenvalue weighted by atomic mass is 10.0. The van der Waals surface area contributed by atoms with Crippen molar-refractivity contribution in [2.24, 2.45) is 0 Å². The van der Waals surface area contributed by atoms with Crippen LogP contribution < -0.4 is 5.32 Å². The second kappa shape index (κ2) is 4.53. The van der Waals surface area contributed by atoms with Crippen molar-refractivity contribution in [2.75, 3.05) is 13.1 Å². The Balaban J connectivity index is 1.77. The van der Waals surface area contributed by atoms with Crippen LogP contribution in [-0.2, 0) is 6.42 Å². The smallest absolute Gasteiger partial charge is 0.232 e. The van der Waals surface area contributed by atoms with E-state index in [0.717, 1.165) is 31.2 Å². The third kappa shape index (κ3) is 2.29. The van der Waals surface area contributed by atoms with Crippen molar-refractivity contribution in [1.29, 1.82) is 0 Å².